The van der Waals surface area contributed by atoms with E-state index in [9.17, 15) is 4.79 Å². The van der Waals surface area contributed by atoms with Crippen molar-refractivity contribution in [3.05, 3.63) is 0 Å². The largest absolute Gasteiger partial charge is 0.479 e. The molecule has 6 heteroatoms. The summed E-state index contributed by atoms with van der Waals surface area (Å²) in [7, 11) is 0. The molecule has 0 aliphatic carbocycles. The number of ether oxygens (including phenoxy) is 4. The third kappa shape index (κ3) is 4.13. The highest BCUT2D eigenvalue weighted by Gasteiger charge is 2.28. The van der Waals surface area contributed by atoms with Gasteiger partial charge in [0.25, 0.3) is 0 Å². The third-order valence-corrected chi connectivity index (χ3v) is 2.14. The molecular weight excluding hydrogens is 204 g/mol. The number of hydrogen-bond donors (Lipinski definition) is 1. The van der Waals surface area contributed by atoms with Crippen LogP contribution in [0.4, 0.5) is 0 Å². The molecule has 0 aromatic rings. The second-order valence-corrected chi connectivity index (χ2v) is 3.61. The molecule has 2 aliphatic heterocycles. The maximum atomic E-state index is 10.7. The Hall–Kier alpha value is -0.690. The Balaban J connectivity index is 1.59. The predicted octanol–water partition coefficient (Wildman–Crippen LogP) is -0.730. The summed E-state index contributed by atoms with van der Waals surface area (Å²) in [5.41, 5.74) is 0. The van der Waals surface area contributed by atoms with Crippen molar-refractivity contribution in [2.24, 2.45) is 0 Å². The monoisotopic (exact) mass is 218 g/mol. The molecule has 1 N–H and O–H groups in total. The molecular formula is C9H14O6. The fourth-order valence-electron chi connectivity index (χ4n) is 1.05. The van der Waals surface area contributed by atoms with Crippen LogP contribution < -0.4 is 0 Å². The second-order valence-electron chi connectivity index (χ2n) is 3.61. The molecule has 2 fully saturated rings. The van der Waals surface area contributed by atoms with E-state index in [0.717, 1.165) is 0 Å². The van der Waals surface area contributed by atoms with Gasteiger partial charge >= 0.3 is 5.97 Å². The first-order valence-electron chi connectivity index (χ1n) is 4.91. The van der Waals surface area contributed by atoms with Crippen LogP contribution in [-0.4, -0.2) is 62.4 Å². The molecule has 0 aromatic carbocycles. The van der Waals surface area contributed by atoms with Crippen molar-refractivity contribution in [2.45, 2.75) is 18.3 Å². The van der Waals surface area contributed by atoms with Crippen LogP contribution in [0.5, 0.6) is 0 Å². The Labute approximate surface area is 87.1 Å². The fraction of sp³-hybridized carbons (Fsp3) is 0.889. The third-order valence-electron chi connectivity index (χ3n) is 2.14. The SMILES string of the molecule is O=C(O)C(COCC1CO1)OCC1CO1. The summed E-state index contributed by atoms with van der Waals surface area (Å²) in [4.78, 5) is 10.7. The number of rotatable bonds is 8. The number of epoxide rings is 2. The Morgan fingerprint density at radius 1 is 1.33 bits per heavy atom. The van der Waals surface area contributed by atoms with Crippen molar-refractivity contribution in [3.8, 4) is 0 Å². The Bertz CT molecular complexity index is 223. The zero-order chi connectivity index (χ0) is 10.7. The lowest BCUT2D eigenvalue weighted by molar-refractivity contribution is -0.155. The molecule has 2 aliphatic rings. The van der Waals surface area contributed by atoms with Gasteiger partial charge in [-0.25, -0.2) is 4.79 Å². The highest BCUT2D eigenvalue weighted by atomic mass is 16.6. The second kappa shape index (κ2) is 4.89. The standard InChI is InChI=1S/C9H14O6/c10-9(11)8(15-4-7-3-14-7)5-12-1-6-2-13-6/h6-8H,1-5H2,(H,10,11). The van der Waals surface area contributed by atoms with E-state index in [2.05, 4.69) is 0 Å². The smallest absolute Gasteiger partial charge is 0.335 e. The van der Waals surface area contributed by atoms with E-state index in [1.165, 1.54) is 0 Å². The van der Waals surface area contributed by atoms with Crippen LogP contribution in [0.3, 0.4) is 0 Å². The zero-order valence-electron chi connectivity index (χ0n) is 8.26. The molecule has 0 saturated carbocycles. The quantitative estimate of drug-likeness (QED) is 0.541. The van der Waals surface area contributed by atoms with Crippen LogP contribution in [0.2, 0.25) is 0 Å². The lowest BCUT2D eigenvalue weighted by Crippen LogP contribution is -2.31. The average molecular weight is 218 g/mol. The summed E-state index contributed by atoms with van der Waals surface area (Å²) in [5, 5.41) is 8.81. The molecule has 0 aromatic heterocycles. The molecule has 15 heavy (non-hydrogen) atoms. The van der Waals surface area contributed by atoms with Crippen molar-refractivity contribution < 1.29 is 28.8 Å². The van der Waals surface area contributed by atoms with E-state index in [1.54, 1.807) is 0 Å². The van der Waals surface area contributed by atoms with Crippen molar-refractivity contribution >= 4 is 5.97 Å². The summed E-state index contributed by atoms with van der Waals surface area (Å²) in [6.45, 7) is 2.17. The number of aliphatic carboxylic acids is 1. The molecule has 86 valence electrons. The van der Waals surface area contributed by atoms with Crippen molar-refractivity contribution in [2.75, 3.05) is 33.0 Å². The van der Waals surface area contributed by atoms with Gasteiger partial charge in [0.05, 0.1) is 33.0 Å². The minimum Gasteiger partial charge on any atom is -0.479 e. The molecule has 6 nitrogen and oxygen atoms in total. The van der Waals surface area contributed by atoms with Crippen molar-refractivity contribution in [3.63, 3.8) is 0 Å². The van der Waals surface area contributed by atoms with Gasteiger partial charge in [-0.3, -0.25) is 0 Å². The first-order valence-corrected chi connectivity index (χ1v) is 4.91. The number of carbonyl (C=O) groups is 1. The van der Waals surface area contributed by atoms with Crippen LogP contribution in [0, 0.1) is 0 Å². The summed E-state index contributed by atoms with van der Waals surface area (Å²) < 4.78 is 20.1. The molecule has 0 amide bonds. The van der Waals surface area contributed by atoms with E-state index in [1.807, 2.05) is 0 Å². The summed E-state index contributed by atoms with van der Waals surface area (Å²) in [5.74, 6) is -1.01. The van der Waals surface area contributed by atoms with E-state index in [0.29, 0.717) is 26.4 Å². The van der Waals surface area contributed by atoms with Gasteiger partial charge in [-0.05, 0) is 0 Å². The van der Waals surface area contributed by atoms with Crippen LogP contribution in [0.25, 0.3) is 0 Å². The Kier molecular flexibility index (Phi) is 3.53. The summed E-state index contributed by atoms with van der Waals surface area (Å²) in [6, 6.07) is 0. The molecule has 3 unspecified atom stereocenters. The number of hydrogen-bond acceptors (Lipinski definition) is 5. The van der Waals surface area contributed by atoms with Gasteiger partial charge in [0.15, 0.2) is 6.10 Å². The van der Waals surface area contributed by atoms with E-state index in [-0.39, 0.29) is 18.8 Å². The molecule has 2 heterocycles. The normalized spacial score (nSPS) is 29.9. The Morgan fingerprint density at radius 2 is 1.93 bits per heavy atom. The zero-order valence-corrected chi connectivity index (χ0v) is 8.26. The number of carboxylic acid groups (broad SMARTS) is 1. The van der Waals surface area contributed by atoms with Gasteiger partial charge in [0, 0.05) is 0 Å². The summed E-state index contributed by atoms with van der Waals surface area (Å²) >= 11 is 0. The summed E-state index contributed by atoms with van der Waals surface area (Å²) in [6.07, 6.45) is -0.697. The van der Waals surface area contributed by atoms with E-state index >= 15 is 0 Å². The molecule has 0 radical (unpaired) electrons. The molecule has 3 atom stereocenters. The topological polar surface area (TPSA) is 80.8 Å². The maximum Gasteiger partial charge on any atom is 0.335 e. The molecule has 2 rings (SSSR count). The van der Waals surface area contributed by atoms with E-state index in [4.69, 9.17) is 24.1 Å². The van der Waals surface area contributed by atoms with Crippen LogP contribution >= 0.6 is 0 Å². The van der Waals surface area contributed by atoms with Gasteiger partial charge in [-0.1, -0.05) is 0 Å². The van der Waals surface area contributed by atoms with Gasteiger partial charge in [0.2, 0.25) is 0 Å². The van der Waals surface area contributed by atoms with Crippen LogP contribution in [0.1, 0.15) is 0 Å². The van der Waals surface area contributed by atoms with Crippen molar-refractivity contribution in [1.82, 2.24) is 0 Å². The number of carboxylic acids is 1. The molecule has 0 spiro atoms. The lowest BCUT2D eigenvalue weighted by Gasteiger charge is -2.12. The minimum atomic E-state index is -1.01. The fourth-order valence-corrected chi connectivity index (χ4v) is 1.05. The molecule has 0 bridgehead atoms. The van der Waals surface area contributed by atoms with Gasteiger partial charge in [-0.2, -0.15) is 0 Å². The lowest BCUT2D eigenvalue weighted by atomic mass is 10.4. The Morgan fingerprint density at radius 3 is 2.47 bits per heavy atom. The minimum absolute atomic E-state index is 0.0575. The highest BCUT2D eigenvalue weighted by Crippen LogP contribution is 2.11. The van der Waals surface area contributed by atoms with Crippen molar-refractivity contribution in [1.29, 1.82) is 0 Å². The van der Waals surface area contributed by atoms with Gasteiger partial charge < -0.3 is 24.1 Å². The van der Waals surface area contributed by atoms with Crippen LogP contribution in [0.15, 0.2) is 0 Å². The first-order chi connectivity index (χ1) is 7.25. The van der Waals surface area contributed by atoms with Crippen LogP contribution in [-0.2, 0) is 23.7 Å². The average Bonchev–Trinajstić information content (AvgIpc) is 3.02. The highest BCUT2D eigenvalue weighted by molar-refractivity contribution is 5.72. The predicted molar refractivity (Wildman–Crippen MR) is 47.7 cm³/mol. The van der Waals surface area contributed by atoms with Gasteiger partial charge in [0.1, 0.15) is 12.2 Å². The molecule has 2 saturated heterocycles. The maximum absolute atomic E-state index is 10.7. The first kappa shape index (κ1) is 10.8. The van der Waals surface area contributed by atoms with Gasteiger partial charge in [-0.15, -0.1) is 0 Å². The van der Waals surface area contributed by atoms with E-state index < -0.39 is 12.1 Å².